The number of anilines is 1. The molecule has 1 aliphatic carbocycles. The third kappa shape index (κ3) is 7.08. The fraction of sp³-hybridized carbons (Fsp3) is 0.417. The maximum atomic E-state index is 12.2. The Balaban J connectivity index is 1.39. The highest BCUT2D eigenvalue weighted by atomic mass is 16.6. The SMILES string of the molecule is CC(C)(C)OC(=O)NC1CC1c1ccc(NC(=O)CCCc2ccc([N+](=O)[O-])cc2)cc1. The van der Waals surface area contributed by atoms with Crippen LogP contribution in [0.15, 0.2) is 48.5 Å². The van der Waals surface area contributed by atoms with Crippen LogP contribution in [0.4, 0.5) is 16.2 Å². The summed E-state index contributed by atoms with van der Waals surface area (Å²) in [6.07, 6.45) is 2.17. The first kappa shape index (κ1) is 23.2. The van der Waals surface area contributed by atoms with Crippen LogP contribution in [0, 0.1) is 10.1 Å². The molecule has 0 saturated heterocycles. The standard InChI is InChI=1S/C24H29N3O5/c1-24(2,3)32-23(29)26-21-15-20(21)17-9-11-18(12-10-17)25-22(28)6-4-5-16-7-13-19(14-8-16)27(30)31/h7-14,20-21H,4-6,15H2,1-3H3,(H,25,28)(H,26,29). The lowest BCUT2D eigenvalue weighted by molar-refractivity contribution is -0.384. The van der Waals surface area contributed by atoms with Gasteiger partial charge in [-0.1, -0.05) is 24.3 Å². The highest BCUT2D eigenvalue weighted by molar-refractivity contribution is 5.90. The van der Waals surface area contributed by atoms with E-state index in [1.165, 1.54) is 12.1 Å². The number of non-ortho nitro benzene ring substituents is 1. The normalized spacial score (nSPS) is 17.3. The average molecular weight is 440 g/mol. The van der Waals surface area contributed by atoms with Crippen molar-refractivity contribution in [3.63, 3.8) is 0 Å². The third-order valence-corrected chi connectivity index (χ3v) is 5.13. The molecule has 2 aromatic carbocycles. The van der Waals surface area contributed by atoms with Gasteiger partial charge >= 0.3 is 6.09 Å². The van der Waals surface area contributed by atoms with E-state index in [1.807, 2.05) is 45.0 Å². The van der Waals surface area contributed by atoms with Crippen LogP contribution in [0.25, 0.3) is 0 Å². The topological polar surface area (TPSA) is 111 Å². The zero-order valence-electron chi connectivity index (χ0n) is 18.6. The molecule has 3 rings (SSSR count). The number of hydrogen-bond donors (Lipinski definition) is 2. The molecule has 8 heteroatoms. The lowest BCUT2D eigenvalue weighted by Gasteiger charge is -2.19. The molecule has 0 aromatic heterocycles. The number of carbonyl (C=O) groups excluding carboxylic acids is 2. The lowest BCUT2D eigenvalue weighted by atomic mass is 10.1. The van der Waals surface area contributed by atoms with E-state index in [9.17, 15) is 19.7 Å². The van der Waals surface area contributed by atoms with E-state index >= 15 is 0 Å². The molecule has 2 atom stereocenters. The summed E-state index contributed by atoms with van der Waals surface area (Å²) in [5.74, 6) is 0.185. The Bertz CT molecular complexity index is 965. The van der Waals surface area contributed by atoms with Crippen LogP contribution in [0.2, 0.25) is 0 Å². The van der Waals surface area contributed by atoms with Crippen LogP contribution < -0.4 is 10.6 Å². The summed E-state index contributed by atoms with van der Waals surface area (Å²) in [4.78, 5) is 34.3. The van der Waals surface area contributed by atoms with Gasteiger partial charge in [-0.15, -0.1) is 0 Å². The Hall–Kier alpha value is -3.42. The largest absolute Gasteiger partial charge is 0.444 e. The molecule has 0 heterocycles. The number of alkyl carbamates (subject to hydrolysis) is 1. The molecular formula is C24H29N3O5. The number of carbonyl (C=O) groups is 2. The molecule has 0 spiro atoms. The third-order valence-electron chi connectivity index (χ3n) is 5.13. The number of aryl methyl sites for hydroxylation is 1. The molecule has 2 aromatic rings. The molecule has 2 N–H and O–H groups in total. The minimum absolute atomic E-state index is 0.0630. The van der Waals surface area contributed by atoms with Crippen LogP contribution in [0.1, 0.15) is 57.1 Å². The van der Waals surface area contributed by atoms with E-state index in [1.54, 1.807) is 12.1 Å². The van der Waals surface area contributed by atoms with Crippen molar-refractivity contribution in [2.24, 2.45) is 0 Å². The van der Waals surface area contributed by atoms with Crippen molar-refractivity contribution in [3.05, 3.63) is 69.8 Å². The minimum atomic E-state index is -0.518. The molecule has 0 aliphatic heterocycles. The number of benzene rings is 2. The second-order valence-corrected chi connectivity index (χ2v) is 9.04. The molecule has 170 valence electrons. The van der Waals surface area contributed by atoms with Crippen LogP contribution in [-0.4, -0.2) is 28.6 Å². The zero-order valence-corrected chi connectivity index (χ0v) is 18.6. The lowest BCUT2D eigenvalue weighted by Crippen LogP contribution is -2.34. The summed E-state index contributed by atoms with van der Waals surface area (Å²) in [6, 6.07) is 14.1. The highest BCUT2D eigenvalue weighted by Crippen LogP contribution is 2.41. The predicted molar refractivity (Wildman–Crippen MR) is 122 cm³/mol. The fourth-order valence-electron chi connectivity index (χ4n) is 3.46. The van der Waals surface area contributed by atoms with Gasteiger partial charge in [0.1, 0.15) is 5.60 Å². The van der Waals surface area contributed by atoms with Crippen molar-refractivity contribution in [2.45, 2.75) is 64.0 Å². The van der Waals surface area contributed by atoms with Gasteiger partial charge in [0.25, 0.3) is 5.69 Å². The van der Waals surface area contributed by atoms with Crippen LogP contribution in [0.5, 0.6) is 0 Å². The smallest absolute Gasteiger partial charge is 0.407 e. The summed E-state index contributed by atoms with van der Waals surface area (Å²) in [5, 5.41) is 16.5. The molecule has 1 saturated carbocycles. The maximum Gasteiger partial charge on any atom is 0.407 e. The number of rotatable bonds is 8. The Kier molecular flexibility index (Phi) is 7.12. The van der Waals surface area contributed by atoms with E-state index in [2.05, 4.69) is 10.6 Å². The van der Waals surface area contributed by atoms with Gasteiger partial charge in [-0.25, -0.2) is 4.79 Å². The van der Waals surface area contributed by atoms with E-state index in [4.69, 9.17) is 4.74 Å². The van der Waals surface area contributed by atoms with E-state index < -0.39 is 16.6 Å². The first-order chi connectivity index (χ1) is 15.1. The summed E-state index contributed by atoms with van der Waals surface area (Å²) < 4.78 is 5.29. The first-order valence-electron chi connectivity index (χ1n) is 10.7. The summed E-state index contributed by atoms with van der Waals surface area (Å²) >= 11 is 0. The van der Waals surface area contributed by atoms with Crippen LogP contribution >= 0.6 is 0 Å². The molecule has 0 radical (unpaired) electrons. The van der Waals surface area contributed by atoms with Crippen molar-refractivity contribution >= 4 is 23.4 Å². The van der Waals surface area contributed by atoms with Crippen LogP contribution in [0.3, 0.4) is 0 Å². The number of nitrogens with one attached hydrogen (secondary N) is 2. The highest BCUT2D eigenvalue weighted by Gasteiger charge is 2.40. The molecule has 32 heavy (non-hydrogen) atoms. The van der Waals surface area contributed by atoms with Gasteiger partial charge in [0.2, 0.25) is 5.91 Å². The minimum Gasteiger partial charge on any atom is -0.444 e. The molecule has 1 aliphatic rings. The monoisotopic (exact) mass is 439 g/mol. The van der Waals surface area contributed by atoms with Gasteiger partial charge in [0.05, 0.1) is 4.92 Å². The first-order valence-corrected chi connectivity index (χ1v) is 10.7. The van der Waals surface area contributed by atoms with E-state index in [0.29, 0.717) is 19.3 Å². The second kappa shape index (κ2) is 9.80. The second-order valence-electron chi connectivity index (χ2n) is 9.04. The molecule has 2 unspecified atom stereocenters. The Morgan fingerprint density at radius 2 is 1.75 bits per heavy atom. The Morgan fingerprint density at radius 1 is 1.09 bits per heavy atom. The molecule has 2 amide bonds. The summed E-state index contributed by atoms with van der Waals surface area (Å²) in [6.45, 7) is 5.50. The number of hydrogen-bond acceptors (Lipinski definition) is 5. The van der Waals surface area contributed by atoms with Gasteiger partial charge in [-0.3, -0.25) is 14.9 Å². The molecule has 8 nitrogen and oxygen atoms in total. The number of nitro benzene ring substituents is 1. The Labute approximate surface area is 187 Å². The van der Waals surface area contributed by atoms with Crippen molar-refractivity contribution in [3.8, 4) is 0 Å². The molecule has 0 bridgehead atoms. The van der Waals surface area contributed by atoms with Gasteiger partial charge in [-0.2, -0.15) is 0 Å². The quantitative estimate of drug-likeness (QED) is 0.447. The molecular weight excluding hydrogens is 410 g/mol. The Morgan fingerprint density at radius 3 is 2.34 bits per heavy atom. The van der Waals surface area contributed by atoms with Crippen molar-refractivity contribution in [1.29, 1.82) is 0 Å². The van der Waals surface area contributed by atoms with Crippen molar-refractivity contribution in [2.75, 3.05) is 5.32 Å². The van der Waals surface area contributed by atoms with E-state index in [-0.39, 0.29) is 23.6 Å². The number of amides is 2. The summed E-state index contributed by atoms with van der Waals surface area (Å²) in [7, 11) is 0. The van der Waals surface area contributed by atoms with E-state index in [0.717, 1.165) is 23.2 Å². The van der Waals surface area contributed by atoms with Gasteiger partial charge in [-0.05, 0) is 63.3 Å². The number of nitrogens with zero attached hydrogens (tertiary/aromatic N) is 1. The average Bonchev–Trinajstić information content (AvgIpc) is 3.46. The van der Waals surface area contributed by atoms with Gasteiger partial charge < -0.3 is 15.4 Å². The molecule has 1 fully saturated rings. The maximum absolute atomic E-state index is 12.2. The zero-order chi connectivity index (χ0) is 23.3. The fourth-order valence-corrected chi connectivity index (χ4v) is 3.46. The van der Waals surface area contributed by atoms with Gasteiger partial charge in [0, 0.05) is 36.2 Å². The van der Waals surface area contributed by atoms with Crippen molar-refractivity contribution < 1.29 is 19.2 Å². The van der Waals surface area contributed by atoms with Crippen molar-refractivity contribution in [1.82, 2.24) is 5.32 Å². The van der Waals surface area contributed by atoms with Gasteiger partial charge in [0.15, 0.2) is 0 Å². The number of ether oxygens (including phenoxy) is 1. The van der Waals surface area contributed by atoms with Crippen LogP contribution in [-0.2, 0) is 16.0 Å². The summed E-state index contributed by atoms with van der Waals surface area (Å²) in [5.41, 5.74) is 2.35. The number of nitro groups is 1. The predicted octanol–water partition coefficient (Wildman–Crippen LogP) is 4.94.